The minimum absolute atomic E-state index is 0.00211. The molecule has 0 aliphatic heterocycles. The highest BCUT2D eigenvalue weighted by Crippen LogP contribution is 2.30. The Kier molecular flexibility index (Phi) is 5.34. The van der Waals surface area contributed by atoms with E-state index in [1.807, 2.05) is 6.92 Å². The number of anilines is 1. The summed E-state index contributed by atoms with van der Waals surface area (Å²) in [5.74, 6) is 0. The Bertz CT molecular complexity index is 744. The molecule has 0 bridgehead atoms. The summed E-state index contributed by atoms with van der Waals surface area (Å²) in [6.07, 6.45) is 2.96. The molecular formula is C15H25NO4S2. The van der Waals surface area contributed by atoms with Gasteiger partial charge in [-0.1, -0.05) is 27.7 Å². The number of nitrogens with one attached hydrogen (secondary N) is 1. The highest BCUT2D eigenvalue weighted by Gasteiger charge is 2.25. The summed E-state index contributed by atoms with van der Waals surface area (Å²) in [5.41, 5.74) is 0.385. The molecule has 1 aromatic rings. The van der Waals surface area contributed by atoms with Crippen LogP contribution in [0, 0.1) is 5.41 Å². The standard InChI is InChI=1S/C15H25NO4S2/c1-7-14(15(2,3)4)16-12-9-8-11(21(5,17)18)10-13(12)22(6,19)20/h8-10,14,16H,7H2,1-6H3. The van der Waals surface area contributed by atoms with Gasteiger partial charge in [-0.05, 0) is 30.0 Å². The summed E-state index contributed by atoms with van der Waals surface area (Å²) in [4.78, 5) is 0.0143. The molecule has 0 amide bonds. The fourth-order valence-electron chi connectivity index (χ4n) is 2.28. The number of hydrogen-bond donors (Lipinski definition) is 1. The smallest absolute Gasteiger partial charge is 0.177 e. The molecule has 1 atom stereocenters. The minimum Gasteiger partial charge on any atom is -0.381 e. The van der Waals surface area contributed by atoms with Crippen molar-refractivity contribution in [2.45, 2.75) is 49.9 Å². The number of sulfone groups is 2. The monoisotopic (exact) mass is 347 g/mol. The molecule has 0 saturated carbocycles. The van der Waals surface area contributed by atoms with Crippen LogP contribution >= 0.6 is 0 Å². The third kappa shape index (κ3) is 4.71. The van der Waals surface area contributed by atoms with Gasteiger partial charge in [0.15, 0.2) is 19.7 Å². The first kappa shape index (κ1) is 19.0. The van der Waals surface area contributed by atoms with Gasteiger partial charge in [0.25, 0.3) is 0 Å². The quantitative estimate of drug-likeness (QED) is 0.886. The molecule has 0 fully saturated rings. The van der Waals surface area contributed by atoms with E-state index < -0.39 is 19.7 Å². The second kappa shape index (κ2) is 6.20. The fraction of sp³-hybridized carbons (Fsp3) is 0.600. The molecule has 1 rings (SSSR count). The molecule has 0 aliphatic carbocycles. The topological polar surface area (TPSA) is 80.3 Å². The van der Waals surface area contributed by atoms with E-state index in [1.165, 1.54) is 18.2 Å². The summed E-state index contributed by atoms with van der Waals surface area (Å²) in [7, 11) is -7.00. The SMILES string of the molecule is CCC(Nc1ccc(S(C)(=O)=O)cc1S(C)(=O)=O)C(C)(C)C. The van der Waals surface area contributed by atoms with E-state index in [1.54, 1.807) is 0 Å². The molecule has 0 radical (unpaired) electrons. The first-order valence-corrected chi connectivity index (χ1v) is 10.9. The van der Waals surface area contributed by atoms with Crippen LogP contribution in [0.15, 0.2) is 28.0 Å². The zero-order valence-corrected chi connectivity index (χ0v) is 15.6. The van der Waals surface area contributed by atoms with Crippen LogP contribution in [0.4, 0.5) is 5.69 Å². The lowest BCUT2D eigenvalue weighted by Gasteiger charge is -2.32. The fourth-order valence-corrected chi connectivity index (χ4v) is 3.87. The van der Waals surface area contributed by atoms with Gasteiger partial charge in [-0.25, -0.2) is 16.8 Å². The maximum atomic E-state index is 12.0. The van der Waals surface area contributed by atoms with E-state index in [9.17, 15) is 16.8 Å². The maximum Gasteiger partial charge on any atom is 0.177 e. The lowest BCUT2D eigenvalue weighted by Crippen LogP contribution is -2.33. The van der Waals surface area contributed by atoms with E-state index >= 15 is 0 Å². The zero-order chi connectivity index (χ0) is 17.3. The molecule has 0 aliphatic rings. The highest BCUT2D eigenvalue weighted by molar-refractivity contribution is 7.91. The van der Waals surface area contributed by atoms with Crippen LogP contribution < -0.4 is 5.32 Å². The Morgan fingerprint density at radius 2 is 1.59 bits per heavy atom. The Morgan fingerprint density at radius 3 is 1.95 bits per heavy atom. The van der Waals surface area contributed by atoms with Gasteiger partial charge in [0.05, 0.1) is 15.5 Å². The van der Waals surface area contributed by atoms with Crippen molar-refractivity contribution in [3.8, 4) is 0 Å². The van der Waals surface area contributed by atoms with Gasteiger partial charge < -0.3 is 5.32 Å². The number of hydrogen-bond acceptors (Lipinski definition) is 5. The largest absolute Gasteiger partial charge is 0.381 e. The van der Waals surface area contributed by atoms with E-state index in [0.717, 1.165) is 18.9 Å². The van der Waals surface area contributed by atoms with Crippen molar-refractivity contribution in [1.29, 1.82) is 0 Å². The molecule has 22 heavy (non-hydrogen) atoms. The van der Waals surface area contributed by atoms with Crippen LogP contribution in [0.1, 0.15) is 34.1 Å². The molecule has 1 unspecified atom stereocenters. The van der Waals surface area contributed by atoms with Gasteiger partial charge in [0.1, 0.15) is 0 Å². The summed E-state index contributed by atoms with van der Waals surface area (Å²) < 4.78 is 47.3. The van der Waals surface area contributed by atoms with Crippen molar-refractivity contribution in [1.82, 2.24) is 0 Å². The predicted octanol–water partition coefficient (Wildman–Crippen LogP) is 2.73. The highest BCUT2D eigenvalue weighted by atomic mass is 32.2. The van der Waals surface area contributed by atoms with Crippen molar-refractivity contribution in [3.63, 3.8) is 0 Å². The van der Waals surface area contributed by atoms with Crippen LogP contribution in [0.3, 0.4) is 0 Å². The summed E-state index contributed by atoms with van der Waals surface area (Å²) in [5, 5.41) is 3.25. The molecule has 0 spiro atoms. The zero-order valence-electron chi connectivity index (χ0n) is 14.0. The predicted molar refractivity (Wildman–Crippen MR) is 89.8 cm³/mol. The van der Waals surface area contributed by atoms with Gasteiger partial charge in [-0.15, -0.1) is 0 Å². The Morgan fingerprint density at radius 1 is 1.05 bits per heavy atom. The van der Waals surface area contributed by atoms with E-state index in [-0.39, 0.29) is 21.2 Å². The van der Waals surface area contributed by atoms with E-state index in [4.69, 9.17) is 0 Å². The molecule has 0 saturated heterocycles. The van der Waals surface area contributed by atoms with Crippen molar-refractivity contribution < 1.29 is 16.8 Å². The lowest BCUT2D eigenvalue weighted by molar-refractivity contribution is 0.333. The second-order valence-electron chi connectivity index (χ2n) is 6.67. The summed E-state index contributed by atoms with van der Waals surface area (Å²) in [6, 6.07) is 4.25. The van der Waals surface area contributed by atoms with Gasteiger partial charge in [0.2, 0.25) is 0 Å². The van der Waals surface area contributed by atoms with Crippen molar-refractivity contribution in [2.24, 2.45) is 5.41 Å². The number of rotatable bonds is 5. The normalized spacial score (nSPS) is 14.6. The maximum absolute atomic E-state index is 12.0. The molecule has 0 heterocycles. The van der Waals surface area contributed by atoms with Crippen LogP contribution in [-0.2, 0) is 19.7 Å². The average molecular weight is 348 g/mol. The van der Waals surface area contributed by atoms with Gasteiger partial charge >= 0.3 is 0 Å². The number of benzene rings is 1. The average Bonchev–Trinajstić information content (AvgIpc) is 2.32. The lowest BCUT2D eigenvalue weighted by atomic mass is 9.85. The third-order valence-electron chi connectivity index (χ3n) is 3.56. The molecule has 5 nitrogen and oxygen atoms in total. The summed E-state index contributed by atoms with van der Waals surface area (Å²) >= 11 is 0. The first-order chi connectivity index (χ1) is 9.76. The third-order valence-corrected chi connectivity index (χ3v) is 5.81. The molecule has 7 heteroatoms. The summed E-state index contributed by atoms with van der Waals surface area (Å²) in [6.45, 7) is 8.23. The Hall–Kier alpha value is -1.08. The van der Waals surface area contributed by atoms with Gasteiger partial charge in [-0.3, -0.25) is 0 Å². The first-order valence-electron chi connectivity index (χ1n) is 7.07. The minimum atomic E-state index is -3.54. The molecule has 0 aromatic heterocycles. The van der Waals surface area contributed by atoms with E-state index in [2.05, 4.69) is 26.1 Å². The van der Waals surface area contributed by atoms with E-state index in [0.29, 0.717) is 5.69 Å². The van der Waals surface area contributed by atoms with Crippen molar-refractivity contribution >= 4 is 25.4 Å². The van der Waals surface area contributed by atoms with Crippen LogP contribution in [0.25, 0.3) is 0 Å². The molecule has 126 valence electrons. The van der Waals surface area contributed by atoms with Crippen molar-refractivity contribution in [3.05, 3.63) is 18.2 Å². The van der Waals surface area contributed by atoms with Crippen LogP contribution in [0.5, 0.6) is 0 Å². The molecular weight excluding hydrogens is 322 g/mol. The second-order valence-corrected chi connectivity index (χ2v) is 10.7. The van der Waals surface area contributed by atoms with Gasteiger partial charge in [-0.2, -0.15) is 0 Å². The van der Waals surface area contributed by atoms with Crippen molar-refractivity contribution in [2.75, 3.05) is 17.8 Å². The van der Waals surface area contributed by atoms with Crippen LogP contribution in [0.2, 0.25) is 0 Å². The Balaban J connectivity index is 3.44. The van der Waals surface area contributed by atoms with Gasteiger partial charge in [0, 0.05) is 18.6 Å². The molecule has 1 aromatic carbocycles. The Labute approximate surface area is 134 Å². The van der Waals surface area contributed by atoms with Crippen LogP contribution in [-0.4, -0.2) is 35.4 Å². The molecule has 1 N–H and O–H groups in total.